The third-order valence-electron chi connectivity index (χ3n) is 3.98. The molecule has 27 heavy (non-hydrogen) atoms. The van der Waals surface area contributed by atoms with Crippen molar-refractivity contribution in [3.8, 4) is 17.2 Å². The molecule has 0 aliphatic heterocycles. The topological polar surface area (TPSA) is 65.1 Å². The predicted octanol–water partition coefficient (Wildman–Crippen LogP) is 3.49. The summed E-state index contributed by atoms with van der Waals surface area (Å²) in [7, 11) is -2.12. The molecule has 0 atom stereocenters. The Hall–Kier alpha value is -2.25. The lowest BCUT2D eigenvalue weighted by Crippen LogP contribution is -2.31. The first-order chi connectivity index (χ1) is 12.9. The molecule has 0 aromatic heterocycles. The highest BCUT2D eigenvalue weighted by Crippen LogP contribution is 2.31. The van der Waals surface area contributed by atoms with Crippen molar-refractivity contribution in [3.63, 3.8) is 0 Å². The van der Waals surface area contributed by atoms with Gasteiger partial charge >= 0.3 is 0 Å². The molecule has 2 aromatic rings. The first kappa shape index (κ1) is 21.1. The Kier molecular flexibility index (Phi) is 7.50. The second kappa shape index (κ2) is 9.62. The van der Waals surface area contributed by atoms with Crippen LogP contribution in [0, 0.1) is 6.92 Å². The molecule has 148 valence electrons. The lowest BCUT2D eigenvalue weighted by Gasteiger charge is -2.19. The van der Waals surface area contributed by atoms with E-state index in [1.54, 1.807) is 6.07 Å². The fraction of sp³-hybridized carbons (Fsp3) is 0.400. The summed E-state index contributed by atoms with van der Waals surface area (Å²) in [6, 6.07) is 12.3. The van der Waals surface area contributed by atoms with Crippen LogP contribution in [0.4, 0.5) is 0 Å². The number of ether oxygens (including phenoxy) is 3. The van der Waals surface area contributed by atoms with Crippen LogP contribution in [0.5, 0.6) is 17.2 Å². The van der Waals surface area contributed by atoms with Gasteiger partial charge in [-0.2, -0.15) is 4.31 Å². The number of sulfonamides is 1. The molecule has 0 radical (unpaired) electrons. The van der Waals surface area contributed by atoms with Crippen LogP contribution in [-0.2, 0) is 10.0 Å². The van der Waals surface area contributed by atoms with E-state index in [-0.39, 0.29) is 18.0 Å². The summed E-state index contributed by atoms with van der Waals surface area (Å²) < 4.78 is 43.7. The quantitative estimate of drug-likeness (QED) is 0.618. The summed E-state index contributed by atoms with van der Waals surface area (Å²) in [5.74, 6) is 1.71. The maximum atomic E-state index is 12.8. The zero-order valence-corrected chi connectivity index (χ0v) is 17.1. The normalized spacial score (nSPS) is 11.4. The smallest absolute Gasteiger partial charge is 0.243 e. The van der Waals surface area contributed by atoms with Crippen molar-refractivity contribution in [2.45, 2.75) is 25.7 Å². The zero-order chi connectivity index (χ0) is 19.9. The van der Waals surface area contributed by atoms with Crippen LogP contribution in [0.1, 0.15) is 19.4 Å². The van der Waals surface area contributed by atoms with Crippen molar-refractivity contribution >= 4 is 10.0 Å². The van der Waals surface area contributed by atoms with Crippen molar-refractivity contribution in [1.29, 1.82) is 0 Å². The largest absolute Gasteiger partial charge is 0.492 e. The Morgan fingerprint density at radius 2 is 1.56 bits per heavy atom. The third kappa shape index (κ3) is 5.37. The molecule has 0 unspecified atom stereocenters. The number of hydrogen-bond acceptors (Lipinski definition) is 5. The van der Waals surface area contributed by atoms with E-state index in [1.807, 2.05) is 45.0 Å². The van der Waals surface area contributed by atoms with Crippen LogP contribution in [0.15, 0.2) is 47.4 Å². The maximum absolute atomic E-state index is 12.8. The molecule has 0 bridgehead atoms. The highest BCUT2D eigenvalue weighted by molar-refractivity contribution is 7.89. The lowest BCUT2D eigenvalue weighted by atomic mass is 10.2. The third-order valence-corrected chi connectivity index (χ3v) is 5.83. The average molecular weight is 394 g/mol. The van der Waals surface area contributed by atoms with E-state index >= 15 is 0 Å². The Bertz CT molecular complexity index is 851. The van der Waals surface area contributed by atoms with E-state index in [2.05, 4.69) is 0 Å². The van der Waals surface area contributed by atoms with Crippen LogP contribution in [0.25, 0.3) is 0 Å². The van der Waals surface area contributed by atoms with Gasteiger partial charge in [0.25, 0.3) is 0 Å². The summed E-state index contributed by atoms with van der Waals surface area (Å²) in [6.07, 6.45) is 0. The molecule has 0 saturated carbocycles. The minimum absolute atomic E-state index is 0.160. The van der Waals surface area contributed by atoms with E-state index in [9.17, 15) is 8.42 Å². The molecule has 6 nitrogen and oxygen atoms in total. The minimum Gasteiger partial charge on any atom is -0.492 e. The molecule has 0 amide bonds. The minimum atomic E-state index is -3.66. The van der Waals surface area contributed by atoms with Crippen LogP contribution >= 0.6 is 0 Å². The van der Waals surface area contributed by atoms with Gasteiger partial charge in [-0.05, 0) is 44.5 Å². The van der Waals surface area contributed by atoms with Crippen LogP contribution < -0.4 is 14.2 Å². The van der Waals surface area contributed by atoms with E-state index in [1.165, 1.54) is 23.5 Å². The Morgan fingerprint density at radius 3 is 2.22 bits per heavy atom. The van der Waals surface area contributed by atoms with Gasteiger partial charge in [0.15, 0.2) is 11.5 Å². The van der Waals surface area contributed by atoms with E-state index in [0.717, 1.165) is 11.3 Å². The van der Waals surface area contributed by atoms with Gasteiger partial charge < -0.3 is 14.2 Å². The van der Waals surface area contributed by atoms with Gasteiger partial charge in [-0.3, -0.25) is 0 Å². The van der Waals surface area contributed by atoms with Gasteiger partial charge in [0.2, 0.25) is 10.0 Å². The van der Waals surface area contributed by atoms with Crippen molar-refractivity contribution in [3.05, 3.63) is 48.0 Å². The molecule has 0 saturated heterocycles. The fourth-order valence-corrected chi connectivity index (χ4v) is 3.67. The number of nitrogens with zero attached hydrogens (tertiary/aromatic N) is 1. The monoisotopic (exact) mass is 393 g/mol. The second-order valence-corrected chi connectivity index (χ2v) is 7.96. The van der Waals surface area contributed by atoms with Crippen molar-refractivity contribution in [1.82, 2.24) is 4.31 Å². The Labute approximate surface area is 161 Å². The summed E-state index contributed by atoms with van der Waals surface area (Å²) >= 11 is 0. The van der Waals surface area contributed by atoms with Gasteiger partial charge in [-0.15, -0.1) is 0 Å². The predicted molar refractivity (Wildman–Crippen MR) is 105 cm³/mol. The number of rotatable bonds is 10. The van der Waals surface area contributed by atoms with Gasteiger partial charge in [-0.1, -0.05) is 18.2 Å². The number of hydrogen-bond donors (Lipinski definition) is 0. The van der Waals surface area contributed by atoms with Crippen molar-refractivity contribution in [2.75, 3.05) is 33.4 Å². The lowest BCUT2D eigenvalue weighted by molar-refractivity contribution is 0.283. The molecular formula is C20H27NO5S. The molecule has 0 spiro atoms. The van der Waals surface area contributed by atoms with E-state index < -0.39 is 10.0 Å². The SMILES string of the molecule is CCOc1ccc(S(=O)(=O)N(C)CCOc2ccccc2C)cc1OCC. The first-order valence-electron chi connectivity index (χ1n) is 8.94. The van der Waals surface area contributed by atoms with Crippen LogP contribution in [0.3, 0.4) is 0 Å². The highest BCUT2D eigenvalue weighted by atomic mass is 32.2. The van der Waals surface area contributed by atoms with Gasteiger partial charge in [-0.25, -0.2) is 8.42 Å². The fourth-order valence-electron chi connectivity index (χ4n) is 2.49. The van der Waals surface area contributed by atoms with E-state index in [0.29, 0.717) is 24.7 Å². The second-order valence-electron chi connectivity index (χ2n) is 5.92. The summed E-state index contributed by atoms with van der Waals surface area (Å²) in [6.45, 7) is 7.04. The zero-order valence-electron chi connectivity index (χ0n) is 16.3. The van der Waals surface area contributed by atoms with Crippen molar-refractivity contribution in [2.24, 2.45) is 0 Å². The number of benzene rings is 2. The summed E-state index contributed by atoms with van der Waals surface area (Å²) in [4.78, 5) is 0.160. The molecule has 2 rings (SSSR count). The molecule has 0 N–H and O–H groups in total. The van der Waals surface area contributed by atoms with Crippen LogP contribution in [-0.4, -0.2) is 46.1 Å². The maximum Gasteiger partial charge on any atom is 0.243 e. The number of para-hydroxylation sites is 1. The highest BCUT2D eigenvalue weighted by Gasteiger charge is 2.22. The average Bonchev–Trinajstić information content (AvgIpc) is 2.65. The summed E-state index contributed by atoms with van der Waals surface area (Å²) in [5.41, 5.74) is 1.01. The molecule has 7 heteroatoms. The van der Waals surface area contributed by atoms with Gasteiger partial charge in [0, 0.05) is 19.7 Å². The molecular weight excluding hydrogens is 366 g/mol. The number of aryl methyl sites for hydroxylation is 1. The molecule has 0 aliphatic rings. The molecule has 0 fully saturated rings. The Balaban J connectivity index is 2.09. The van der Waals surface area contributed by atoms with Crippen LogP contribution in [0.2, 0.25) is 0 Å². The van der Waals surface area contributed by atoms with E-state index in [4.69, 9.17) is 14.2 Å². The first-order valence-corrected chi connectivity index (χ1v) is 10.4. The number of likely N-dealkylation sites (N-methyl/N-ethyl adjacent to an activating group) is 1. The summed E-state index contributed by atoms with van der Waals surface area (Å²) in [5, 5.41) is 0. The van der Waals surface area contributed by atoms with Gasteiger partial charge in [0.1, 0.15) is 12.4 Å². The van der Waals surface area contributed by atoms with Crippen molar-refractivity contribution < 1.29 is 22.6 Å². The Morgan fingerprint density at radius 1 is 0.889 bits per heavy atom. The standard InChI is InChI=1S/C20H27NO5S/c1-5-24-19-12-11-17(15-20(19)25-6-2)27(22,23)21(4)13-14-26-18-10-8-7-9-16(18)3/h7-12,15H,5-6,13-14H2,1-4H3. The molecule has 2 aromatic carbocycles. The van der Waals surface area contributed by atoms with Gasteiger partial charge in [0.05, 0.1) is 18.1 Å². The molecule has 0 aliphatic carbocycles. The molecule has 0 heterocycles.